The molecule has 0 aliphatic heterocycles. The fourth-order valence-electron chi connectivity index (χ4n) is 0.0808. The van der Waals surface area contributed by atoms with Crippen LogP contribution in [0.3, 0.4) is 0 Å². The molecule has 5 heteroatoms. The van der Waals surface area contributed by atoms with Crippen LogP contribution in [0.5, 0.6) is 0 Å². The van der Waals surface area contributed by atoms with Crippen LogP contribution in [0.1, 0.15) is 0 Å². The van der Waals surface area contributed by atoms with Crippen molar-refractivity contribution in [2.75, 3.05) is 0 Å². The molecule has 0 fully saturated rings. The topological polar surface area (TPSA) is 57.5 Å². The zero-order chi connectivity index (χ0) is 6.73. The normalized spacial score (nSPS) is 8.25. The Morgan fingerprint density at radius 2 is 1.62 bits per heavy atom. The molecule has 0 saturated carbocycles. The lowest BCUT2D eigenvalue weighted by molar-refractivity contribution is -0.136. The van der Waals surface area contributed by atoms with Gasteiger partial charge in [0.15, 0.2) is 0 Å². The molecule has 0 saturated heterocycles. The van der Waals surface area contributed by atoms with E-state index >= 15 is 0 Å². The third-order valence-electron chi connectivity index (χ3n) is 0.382. The Bertz CT molecular complexity index is 135. The molecule has 0 aliphatic carbocycles. The first-order valence-corrected chi connectivity index (χ1v) is 1.53. The summed E-state index contributed by atoms with van der Waals surface area (Å²) in [6.45, 7) is 0. The maximum atomic E-state index is 10.9. The molecule has 0 bridgehead atoms. The van der Waals surface area contributed by atoms with Crippen LogP contribution in [-0.4, -0.2) is 16.2 Å². The smallest absolute Gasteiger partial charge is 0.376 e. The molecule has 3 nitrogen and oxygen atoms in total. The second-order valence-electron chi connectivity index (χ2n) is 0.914. The third-order valence-corrected chi connectivity index (χ3v) is 0.382. The van der Waals surface area contributed by atoms with Gasteiger partial charge in [-0.3, -0.25) is 0 Å². The molecule has 0 aromatic carbocycles. The van der Waals surface area contributed by atoms with Crippen molar-refractivity contribution in [3.8, 4) is 0 Å². The van der Waals surface area contributed by atoms with Crippen molar-refractivity contribution in [3.05, 3.63) is 11.8 Å². The maximum Gasteiger partial charge on any atom is 0.376 e. The van der Waals surface area contributed by atoms with E-state index in [0.29, 0.717) is 0 Å². The molecule has 0 atom stereocenters. The summed E-state index contributed by atoms with van der Waals surface area (Å²) in [5, 5.41) is 15.3. The average Bonchev–Trinajstić information content (AvgIpc) is 1.64. The van der Waals surface area contributed by atoms with Crippen molar-refractivity contribution >= 4 is 5.97 Å². The molecule has 8 heavy (non-hydrogen) atoms. The van der Waals surface area contributed by atoms with E-state index in [1.54, 1.807) is 0 Å². The molecular weight excluding hydrogens is 122 g/mol. The van der Waals surface area contributed by atoms with Crippen LogP contribution in [0.4, 0.5) is 8.78 Å². The van der Waals surface area contributed by atoms with E-state index in [1.807, 2.05) is 0 Å². The zero-order valence-corrected chi connectivity index (χ0v) is 3.56. The molecule has 0 amide bonds. The summed E-state index contributed by atoms with van der Waals surface area (Å²) in [7, 11) is 0. The Kier molecular flexibility index (Phi) is 1.93. The highest BCUT2D eigenvalue weighted by molar-refractivity contribution is 5.83. The highest BCUT2D eigenvalue weighted by atomic mass is 19.3. The molecule has 0 aromatic rings. The van der Waals surface area contributed by atoms with Gasteiger partial charge in [0.1, 0.15) is 0 Å². The van der Waals surface area contributed by atoms with Crippen LogP contribution >= 0.6 is 0 Å². The Balaban J connectivity index is 4.23. The first-order chi connectivity index (χ1) is 3.55. The SMILES string of the molecule is O=C(O)C(O)=C(F)F. The molecule has 0 unspecified atom stereocenters. The first kappa shape index (κ1) is 6.87. The number of hydrogen-bond donors (Lipinski definition) is 2. The number of aliphatic hydroxyl groups is 1. The Labute approximate surface area is 42.9 Å². The number of aliphatic hydroxyl groups excluding tert-OH is 1. The number of rotatable bonds is 1. The summed E-state index contributed by atoms with van der Waals surface area (Å²) >= 11 is 0. The second-order valence-corrected chi connectivity index (χ2v) is 0.914. The summed E-state index contributed by atoms with van der Waals surface area (Å²) in [4.78, 5) is 9.35. The van der Waals surface area contributed by atoms with Crippen molar-refractivity contribution in [1.82, 2.24) is 0 Å². The molecule has 0 radical (unpaired) electrons. The van der Waals surface area contributed by atoms with Crippen LogP contribution < -0.4 is 0 Å². The van der Waals surface area contributed by atoms with E-state index in [1.165, 1.54) is 0 Å². The average molecular weight is 124 g/mol. The quantitative estimate of drug-likeness (QED) is 0.400. The largest absolute Gasteiger partial charge is 0.498 e. The van der Waals surface area contributed by atoms with Gasteiger partial charge >= 0.3 is 12.0 Å². The number of halogens is 2. The minimum Gasteiger partial charge on any atom is -0.498 e. The predicted octanol–water partition coefficient (Wildman–Crippen LogP) is 0.737. The molecule has 2 N–H and O–H groups in total. The van der Waals surface area contributed by atoms with Crippen molar-refractivity contribution < 1.29 is 23.8 Å². The Morgan fingerprint density at radius 3 is 1.62 bits per heavy atom. The van der Waals surface area contributed by atoms with Gasteiger partial charge in [-0.25, -0.2) is 4.79 Å². The summed E-state index contributed by atoms with van der Waals surface area (Å²) in [6, 6.07) is 0. The summed E-state index contributed by atoms with van der Waals surface area (Å²) in [6.07, 6.45) is -2.59. The van der Waals surface area contributed by atoms with E-state index < -0.39 is 17.8 Å². The number of hydrogen-bond acceptors (Lipinski definition) is 2. The van der Waals surface area contributed by atoms with Crippen LogP contribution in [-0.2, 0) is 4.79 Å². The van der Waals surface area contributed by atoms with Crippen molar-refractivity contribution in [2.24, 2.45) is 0 Å². The predicted molar refractivity (Wildman–Crippen MR) is 19.5 cm³/mol. The van der Waals surface area contributed by atoms with Crippen molar-refractivity contribution in [2.45, 2.75) is 0 Å². The highest BCUT2D eigenvalue weighted by Crippen LogP contribution is 2.02. The van der Waals surface area contributed by atoms with Gasteiger partial charge in [-0.15, -0.1) is 0 Å². The van der Waals surface area contributed by atoms with Crippen LogP contribution in [0.25, 0.3) is 0 Å². The van der Waals surface area contributed by atoms with Crippen molar-refractivity contribution in [1.29, 1.82) is 0 Å². The van der Waals surface area contributed by atoms with Gasteiger partial charge in [-0.2, -0.15) is 8.78 Å². The van der Waals surface area contributed by atoms with Gasteiger partial charge in [-0.05, 0) is 0 Å². The van der Waals surface area contributed by atoms with Gasteiger partial charge in [-0.1, -0.05) is 0 Å². The summed E-state index contributed by atoms with van der Waals surface area (Å²) in [5.41, 5.74) is 0. The lowest BCUT2D eigenvalue weighted by Crippen LogP contribution is -1.99. The van der Waals surface area contributed by atoms with E-state index in [-0.39, 0.29) is 0 Å². The minimum atomic E-state index is -2.59. The Morgan fingerprint density at radius 1 is 1.25 bits per heavy atom. The van der Waals surface area contributed by atoms with Crippen LogP contribution in [0, 0.1) is 0 Å². The molecule has 0 spiro atoms. The third kappa shape index (κ3) is 1.55. The lowest BCUT2D eigenvalue weighted by Gasteiger charge is -1.84. The number of carboxylic acids is 1. The molecular formula is C3H2F2O3. The van der Waals surface area contributed by atoms with E-state index in [4.69, 9.17) is 10.2 Å². The van der Waals surface area contributed by atoms with Crippen molar-refractivity contribution in [3.63, 3.8) is 0 Å². The fourth-order valence-corrected chi connectivity index (χ4v) is 0.0808. The Hall–Kier alpha value is -1.13. The van der Waals surface area contributed by atoms with Gasteiger partial charge in [0.25, 0.3) is 5.76 Å². The molecule has 46 valence electrons. The number of carbonyl (C=O) groups is 1. The highest BCUT2D eigenvalue weighted by Gasteiger charge is 2.10. The number of aliphatic carboxylic acids is 1. The first-order valence-electron chi connectivity index (χ1n) is 1.53. The van der Waals surface area contributed by atoms with Gasteiger partial charge in [0.2, 0.25) is 0 Å². The maximum absolute atomic E-state index is 10.9. The van der Waals surface area contributed by atoms with Gasteiger partial charge in [0.05, 0.1) is 0 Å². The van der Waals surface area contributed by atoms with E-state index in [2.05, 4.69) is 0 Å². The number of carboxylic acid groups (broad SMARTS) is 1. The van der Waals surface area contributed by atoms with Crippen LogP contribution in [0.15, 0.2) is 11.8 Å². The van der Waals surface area contributed by atoms with E-state index in [0.717, 1.165) is 0 Å². The standard InChI is InChI=1S/C3H2F2O3/c4-2(5)1(6)3(7)8/h6H,(H,7,8). The monoisotopic (exact) mass is 124 g/mol. The molecule has 0 aliphatic rings. The van der Waals surface area contributed by atoms with E-state index in [9.17, 15) is 13.6 Å². The van der Waals surface area contributed by atoms with Gasteiger partial charge < -0.3 is 10.2 Å². The molecule has 0 rings (SSSR count). The molecule has 0 aromatic heterocycles. The van der Waals surface area contributed by atoms with Gasteiger partial charge in [0, 0.05) is 0 Å². The summed E-state index contributed by atoms with van der Waals surface area (Å²) in [5.74, 6) is -3.92. The minimum absolute atomic E-state index is 1.90. The summed E-state index contributed by atoms with van der Waals surface area (Å²) < 4.78 is 21.9. The van der Waals surface area contributed by atoms with Crippen LogP contribution in [0.2, 0.25) is 0 Å². The second kappa shape index (κ2) is 2.25. The molecule has 0 heterocycles. The lowest BCUT2D eigenvalue weighted by atomic mass is 10.6. The fraction of sp³-hybridized carbons (Fsp3) is 0. The zero-order valence-electron chi connectivity index (χ0n) is 3.56.